The summed E-state index contributed by atoms with van der Waals surface area (Å²) in [6.45, 7) is 6.42. The molecule has 3 N–H and O–H groups in total. The lowest BCUT2D eigenvalue weighted by molar-refractivity contribution is -0.138. The first-order valence-corrected chi connectivity index (χ1v) is 14.7. The van der Waals surface area contributed by atoms with Crippen molar-refractivity contribution >= 4 is 39.9 Å². The fourth-order valence-electron chi connectivity index (χ4n) is 4.66. The number of nitrogens with zero attached hydrogens (tertiary/aromatic N) is 1. The number of rotatable bonds is 10. The molecule has 0 bridgehead atoms. The molecule has 1 heterocycles. The predicted molar refractivity (Wildman–Crippen MR) is 160 cm³/mol. The summed E-state index contributed by atoms with van der Waals surface area (Å²) in [7, 11) is 0. The van der Waals surface area contributed by atoms with Gasteiger partial charge in [0.15, 0.2) is 5.13 Å². The van der Waals surface area contributed by atoms with Crippen LogP contribution in [0, 0.1) is 12.8 Å². The van der Waals surface area contributed by atoms with E-state index in [0.29, 0.717) is 40.0 Å². The number of hydrogen-bond donors (Lipinski definition) is 3. The highest BCUT2D eigenvalue weighted by Crippen LogP contribution is 2.38. The van der Waals surface area contributed by atoms with Gasteiger partial charge < -0.3 is 20.7 Å². The van der Waals surface area contributed by atoms with Gasteiger partial charge in [-0.2, -0.15) is 0 Å². The maximum atomic E-state index is 13.5. The topological polar surface area (TPSA) is 109 Å². The summed E-state index contributed by atoms with van der Waals surface area (Å²) in [5.41, 5.74) is 4.40. The van der Waals surface area contributed by atoms with Crippen molar-refractivity contribution in [2.75, 3.05) is 11.9 Å². The van der Waals surface area contributed by atoms with Gasteiger partial charge in [0.2, 0.25) is 0 Å². The lowest BCUT2D eigenvalue weighted by atomic mass is 9.84. The van der Waals surface area contributed by atoms with Crippen LogP contribution in [0.3, 0.4) is 0 Å². The van der Waals surface area contributed by atoms with Crippen LogP contribution >= 0.6 is 11.3 Å². The molecule has 0 saturated heterocycles. The van der Waals surface area contributed by atoms with Crippen LogP contribution in [0.4, 0.5) is 10.8 Å². The van der Waals surface area contributed by atoms with Crippen molar-refractivity contribution in [2.45, 2.75) is 52.1 Å². The Morgan fingerprint density at radius 1 is 1.07 bits per heavy atom. The fraction of sp³-hybridized carbons (Fsp3) is 0.312. The normalized spacial score (nSPS) is 17.9. The number of carbonyl (C=O) groups is 3. The number of anilines is 2. The van der Waals surface area contributed by atoms with Crippen LogP contribution < -0.4 is 16.0 Å². The summed E-state index contributed by atoms with van der Waals surface area (Å²) in [6.07, 6.45) is 7.56. The minimum Gasteiger partial charge on any atom is -0.462 e. The van der Waals surface area contributed by atoms with Crippen LogP contribution in [0.15, 0.2) is 72.3 Å². The maximum Gasteiger partial charge on any atom is 0.337 e. The Labute approximate surface area is 243 Å². The van der Waals surface area contributed by atoms with Crippen LogP contribution in [-0.2, 0) is 16.1 Å². The number of aryl methyl sites for hydroxylation is 1. The first-order chi connectivity index (χ1) is 19.8. The molecule has 0 spiro atoms. The Hall–Kier alpha value is -4.24. The van der Waals surface area contributed by atoms with Crippen molar-refractivity contribution < 1.29 is 19.1 Å². The van der Waals surface area contributed by atoms with Crippen LogP contribution in [0.1, 0.15) is 69.5 Å². The van der Waals surface area contributed by atoms with Gasteiger partial charge in [-0.05, 0) is 55.9 Å². The Bertz CT molecular complexity index is 1510. The van der Waals surface area contributed by atoms with Gasteiger partial charge in [0.1, 0.15) is 4.88 Å². The molecular formula is C32H34N4O4S. The van der Waals surface area contributed by atoms with Crippen LogP contribution in [0.25, 0.3) is 0 Å². The Morgan fingerprint density at radius 2 is 1.85 bits per heavy atom. The highest BCUT2D eigenvalue weighted by molar-refractivity contribution is 7.17. The summed E-state index contributed by atoms with van der Waals surface area (Å²) in [5.74, 6) is -0.983. The van der Waals surface area contributed by atoms with Crippen molar-refractivity contribution in [3.8, 4) is 0 Å². The maximum absolute atomic E-state index is 13.5. The van der Waals surface area contributed by atoms with Gasteiger partial charge in [-0.15, -0.1) is 0 Å². The third-order valence-corrected chi connectivity index (χ3v) is 8.11. The highest BCUT2D eigenvalue weighted by atomic mass is 32.1. The van der Waals surface area contributed by atoms with Gasteiger partial charge >= 0.3 is 5.97 Å². The van der Waals surface area contributed by atoms with Gasteiger partial charge in [-0.25, -0.2) is 9.78 Å². The molecule has 2 atom stereocenters. The number of aromatic nitrogens is 1. The third-order valence-electron chi connectivity index (χ3n) is 7.13. The number of benzene rings is 2. The monoisotopic (exact) mass is 570 g/mol. The zero-order valence-electron chi connectivity index (χ0n) is 23.4. The first kappa shape index (κ1) is 28.3. The second-order valence-corrected chi connectivity index (χ2v) is 11.4. The quantitative estimate of drug-likeness (QED) is 0.266. The molecule has 1 saturated carbocycles. The standard InChI is InChI=1S/C32H34N4O4S/c1-4-40-31(39)23-12-15-25(20(3)16-23)27-28(30(38)33-18-21-8-6-5-7-9-21)41-32(36-27)35-26-17-22(11-10-19(26)2)29(37)34-24-13-14-24/h5-12,15-17,20,24-25H,4,13-14,18H2,1-3H3,(H,33,38)(H,34,37)(H,35,36). The average molecular weight is 571 g/mol. The van der Waals surface area contributed by atoms with Gasteiger partial charge in [0.05, 0.1) is 17.9 Å². The molecule has 2 aromatic carbocycles. The van der Waals surface area contributed by atoms with Gasteiger partial charge in [-0.3, -0.25) is 9.59 Å². The lowest BCUT2D eigenvalue weighted by Gasteiger charge is -2.22. The fourth-order valence-corrected chi connectivity index (χ4v) is 5.61. The SMILES string of the molecule is CCOC(=O)C1=CC(C)C(c2nc(Nc3cc(C(=O)NC4CC4)ccc3C)sc2C(=O)NCc2ccccc2)C=C1. The summed E-state index contributed by atoms with van der Waals surface area (Å²) in [4.78, 5) is 43.8. The zero-order chi connectivity index (χ0) is 28.9. The van der Waals surface area contributed by atoms with Crippen LogP contribution in [0.5, 0.6) is 0 Å². The van der Waals surface area contributed by atoms with Crippen molar-refractivity contribution in [3.05, 3.63) is 99.6 Å². The molecule has 2 aliphatic rings. The molecule has 1 aromatic heterocycles. The number of ether oxygens (including phenoxy) is 1. The number of allylic oxidation sites excluding steroid dienone is 2. The van der Waals surface area contributed by atoms with Gasteiger partial charge in [-0.1, -0.05) is 72.9 Å². The van der Waals surface area contributed by atoms with Crippen molar-refractivity contribution in [1.29, 1.82) is 0 Å². The van der Waals surface area contributed by atoms with E-state index in [1.54, 1.807) is 13.0 Å². The average Bonchev–Trinajstić information content (AvgIpc) is 3.69. The van der Waals surface area contributed by atoms with Gasteiger partial charge in [0.25, 0.3) is 11.8 Å². The number of amides is 2. The van der Waals surface area contributed by atoms with E-state index in [0.717, 1.165) is 29.7 Å². The number of thiazole rings is 1. The molecule has 0 radical (unpaired) electrons. The van der Waals surface area contributed by atoms with Crippen molar-refractivity contribution in [2.24, 2.45) is 5.92 Å². The number of carbonyl (C=O) groups excluding carboxylic acids is 3. The molecule has 2 aliphatic carbocycles. The smallest absolute Gasteiger partial charge is 0.337 e. The number of nitrogens with one attached hydrogen (secondary N) is 3. The molecule has 212 valence electrons. The van der Waals surface area contributed by atoms with E-state index < -0.39 is 0 Å². The Balaban J connectivity index is 1.42. The lowest BCUT2D eigenvalue weighted by Crippen LogP contribution is -2.25. The van der Waals surface area contributed by atoms with Crippen molar-refractivity contribution in [3.63, 3.8) is 0 Å². The van der Waals surface area contributed by atoms with E-state index in [2.05, 4.69) is 16.0 Å². The van der Waals surface area contributed by atoms with E-state index in [-0.39, 0.29) is 35.7 Å². The third kappa shape index (κ3) is 6.92. The van der Waals surface area contributed by atoms with E-state index in [9.17, 15) is 14.4 Å². The largest absolute Gasteiger partial charge is 0.462 e. The highest BCUT2D eigenvalue weighted by Gasteiger charge is 2.30. The Kier molecular flexibility index (Phi) is 8.64. The molecular weight excluding hydrogens is 536 g/mol. The number of hydrogen-bond acceptors (Lipinski definition) is 7. The number of esters is 1. The first-order valence-electron chi connectivity index (χ1n) is 13.9. The molecule has 41 heavy (non-hydrogen) atoms. The summed E-state index contributed by atoms with van der Waals surface area (Å²) in [6, 6.07) is 15.5. The van der Waals surface area contributed by atoms with E-state index in [1.807, 2.05) is 74.5 Å². The van der Waals surface area contributed by atoms with Crippen molar-refractivity contribution in [1.82, 2.24) is 15.6 Å². The second kappa shape index (κ2) is 12.5. The zero-order valence-corrected chi connectivity index (χ0v) is 24.2. The molecule has 5 rings (SSSR count). The predicted octanol–water partition coefficient (Wildman–Crippen LogP) is 5.80. The van der Waals surface area contributed by atoms with Crippen LogP contribution in [-0.4, -0.2) is 35.4 Å². The molecule has 0 aliphatic heterocycles. The van der Waals surface area contributed by atoms with Gasteiger partial charge in [0, 0.05) is 29.8 Å². The second-order valence-electron chi connectivity index (χ2n) is 10.4. The minimum atomic E-state index is -0.364. The molecule has 3 aromatic rings. The summed E-state index contributed by atoms with van der Waals surface area (Å²) >= 11 is 1.27. The molecule has 2 unspecified atom stereocenters. The summed E-state index contributed by atoms with van der Waals surface area (Å²) in [5, 5.41) is 9.96. The molecule has 8 nitrogen and oxygen atoms in total. The van der Waals surface area contributed by atoms with E-state index in [4.69, 9.17) is 9.72 Å². The molecule has 2 amide bonds. The Morgan fingerprint density at radius 3 is 2.56 bits per heavy atom. The molecule has 1 fully saturated rings. The minimum absolute atomic E-state index is 0.0915. The summed E-state index contributed by atoms with van der Waals surface area (Å²) < 4.78 is 5.16. The van der Waals surface area contributed by atoms with E-state index >= 15 is 0 Å². The van der Waals surface area contributed by atoms with Crippen LogP contribution in [0.2, 0.25) is 0 Å². The van der Waals surface area contributed by atoms with E-state index in [1.165, 1.54) is 11.3 Å². The molecule has 9 heteroatoms.